The van der Waals surface area contributed by atoms with E-state index in [1.807, 2.05) is 13.8 Å². The van der Waals surface area contributed by atoms with Gasteiger partial charge in [0.25, 0.3) is 0 Å². The lowest BCUT2D eigenvalue weighted by Crippen LogP contribution is -2.41. The molecule has 2 aliphatic rings. The number of phosphoric acid groups is 1. The number of allylic oxidation sites excluding steroid dienone is 1. The minimum absolute atomic E-state index is 0.138. The monoisotopic (exact) mass is 479 g/mol. The lowest BCUT2D eigenvalue weighted by Gasteiger charge is -2.31. The predicted octanol–water partition coefficient (Wildman–Crippen LogP) is 1.86. The normalized spacial score (nSPS) is 17.2. The first kappa shape index (κ1) is 23.2. The van der Waals surface area contributed by atoms with Crippen LogP contribution < -0.4 is 10.2 Å². The lowest BCUT2D eigenvalue weighted by molar-refractivity contribution is 0.0671. The van der Waals surface area contributed by atoms with Crippen molar-refractivity contribution in [2.24, 2.45) is 4.99 Å². The number of aromatic nitrogens is 3. The molecule has 3 heterocycles. The van der Waals surface area contributed by atoms with Crippen LogP contribution >= 0.6 is 7.82 Å². The third kappa shape index (κ3) is 5.03. The van der Waals surface area contributed by atoms with E-state index in [1.165, 1.54) is 10.6 Å². The van der Waals surface area contributed by atoms with Gasteiger partial charge in [0.2, 0.25) is 0 Å². The Balaban J connectivity index is 1.73. The van der Waals surface area contributed by atoms with Crippen LogP contribution in [0.1, 0.15) is 38.2 Å². The van der Waals surface area contributed by atoms with E-state index in [0.717, 1.165) is 25.0 Å². The van der Waals surface area contributed by atoms with Crippen LogP contribution in [0.25, 0.3) is 17.1 Å². The molecule has 0 aliphatic carbocycles. The van der Waals surface area contributed by atoms with Crippen LogP contribution in [0.5, 0.6) is 11.5 Å². The van der Waals surface area contributed by atoms with Crippen molar-refractivity contribution in [2.75, 3.05) is 26.3 Å². The smallest absolute Gasteiger partial charge is 0.507 e. The van der Waals surface area contributed by atoms with Crippen LogP contribution in [0.15, 0.2) is 28.1 Å². The molecule has 0 radical (unpaired) electrons. The fraction of sp³-hybridized carbons (Fsp3) is 0.450. The molecule has 0 saturated carbocycles. The third-order valence-corrected chi connectivity index (χ3v) is 5.95. The van der Waals surface area contributed by atoms with Crippen molar-refractivity contribution < 1.29 is 28.7 Å². The number of ether oxygens (including phenoxy) is 1. The molecule has 2 aliphatic heterocycles. The fourth-order valence-electron chi connectivity index (χ4n) is 3.92. The van der Waals surface area contributed by atoms with Crippen molar-refractivity contribution in [3.63, 3.8) is 0 Å². The topological polar surface area (TPSA) is 162 Å². The van der Waals surface area contributed by atoms with E-state index < -0.39 is 13.5 Å². The van der Waals surface area contributed by atoms with Gasteiger partial charge in [-0.15, -0.1) is 0 Å². The molecule has 0 bridgehead atoms. The van der Waals surface area contributed by atoms with Crippen molar-refractivity contribution in [1.29, 1.82) is 0 Å². The van der Waals surface area contributed by atoms with E-state index in [0.29, 0.717) is 37.3 Å². The summed E-state index contributed by atoms with van der Waals surface area (Å²) in [4.78, 5) is 37.7. The van der Waals surface area contributed by atoms with Crippen molar-refractivity contribution in [1.82, 2.24) is 19.7 Å². The van der Waals surface area contributed by atoms with E-state index in [4.69, 9.17) is 9.26 Å². The van der Waals surface area contributed by atoms with Crippen molar-refractivity contribution in [3.8, 4) is 22.9 Å². The predicted molar refractivity (Wildman–Crippen MR) is 120 cm³/mol. The molecule has 0 amide bonds. The molecule has 4 N–H and O–H groups in total. The van der Waals surface area contributed by atoms with Crippen molar-refractivity contribution in [3.05, 3.63) is 34.4 Å². The number of nitrogens with zero attached hydrogens (tertiary/aromatic N) is 4. The number of aromatic hydroxyl groups is 1. The minimum Gasteiger partial charge on any atom is -0.507 e. The summed E-state index contributed by atoms with van der Waals surface area (Å²) in [7, 11) is -4.83. The summed E-state index contributed by atoms with van der Waals surface area (Å²) in [5.74, 6) is 0.430. The van der Waals surface area contributed by atoms with Crippen molar-refractivity contribution >= 4 is 19.4 Å². The highest BCUT2D eigenvalue weighted by atomic mass is 31.2. The fourth-order valence-corrected chi connectivity index (χ4v) is 4.33. The molecule has 33 heavy (non-hydrogen) atoms. The number of benzene rings is 1. The molecule has 178 valence electrons. The second-order valence-electron chi connectivity index (χ2n) is 8.10. The number of phenols is 1. The number of morpholine rings is 1. The standard InChI is InChI=1S/C20H26N5O7P/c1-12(2)14-9-15(16(26)10-17(14)32-33(28,29)30)19-22-23-20(27)25(19)13-3-4-18(21-11-13)24-5-7-31-8-6-24/h9-12,26H,3-8H2,1-2H3,(H,23,27)(H2,28,29,30). The minimum atomic E-state index is -4.83. The molecule has 4 rings (SSSR count). The van der Waals surface area contributed by atoms with E-state index in [-0.39, 0.29) is 28.8 Å². The molecule has 13 heteroatoms. The molecular weight excluding hydrogens is 453 g/mol. The van der Waals surface area contributed by atoms with Gasteiger partial charge in [-0.1, -0.05) is 13.8 Å². The Morgan fingerprint density at radius 3 is 2.55 bits per heavy atom. The van der Waals surface area contributed by atoms with E-state index in [9.17, 15) is 24.3 Å². The Morgan fingerprint density at radius 2 is 1.94 bits per heavy atom. The zero-order valence-electron chi connectivity index (χ0n) is 18.3. The maximum atomic E-state index is 12.6. The lowest BCUT2D eigenvalue weighted by atomic mass is 9.98. The van der Waals surface area contributed by atoms with Gasteiger partial charge in [0.05, 0.1) is 18.8 Å². The van der Waals surface area contributed by atoms with E-state index in [1.54, 1.807) is 6.20 Å². The zero-order valence-corrected chi connectivity index (χ0v) is 19.2. The number of phosphoric ester groups is 1. The van der Waals surface area contributed by atoms with Crippen LogP contribution in [0, 0.1) is 0 Å². The van der Waals surface area contributed by atoms with Gasteiger partial charge in [0, 0.05) is 37.5 Å². The zero-order chi connectivity index (χ0) is 23.8. The molecule has 1 fully saturated rings. The van der Waals surface area contributed by atoms with Gasteiger partial charge >= 0.3 is 13.5 Å². The van der Waals surface area contributed by atoms with Gasteiger partial charge in [0.15, 0.2) is 5.82 Å². The summed E-state index contributed by atoms with van der Waals surface area (Å²) < 4.78 is 22.8. The molecular formula is C20H26N5O7P. The summed E-state index contributed by atoms with van der Waals surface area (Å²) in [6.07, 6.45) is 2.81. The molecule has 0 spiro atoms. The average molecular weight is 479 g/mol. The van der Waals surface area contributed by atoms with Gasteiger partial charge in [-0.2, -0.15) is 5.10 Å². The van der Waals surface area contributed by atoms with Crippen LogP contribution in [0.4, 0.5) is 0 Å². The number of hydrogen-bond donors (Lipinski definition) is 4. The van der Waals surface area contributed by atoms with Crippen LogP contribution in [-0.4, -0.2) is 66.7 Å². The second-order valence-corrected chi connectivity index (χ2v) is 9.26. The summed E-state index contributed by atoms with van der Waals surface area (Å²) in [6, 6.07) is 2.64. The van der Waals surface area contributed by atoms with Crippen molar-refractivity contribution in [2.45, 2.75) is 32.6 Å². The van der Waals surface area contributed by atoms with Gasteiger partial charge in [0.1, 0.15) is 17.3 Å². The maximum Gasteiger partial charge on any atom is 0.524 e. The number of aromatic amines is 1. The molecule has 2 aromatic rings. The first-order chi connectivity index (χ1) is 15.6. The van der Waals surface area contributed by atoms with Gasteiger partial charge in [-0.3, -0.25) is 9.79 Å². The molecule has 0 unspecified atom stereocenters. The molecule has 1 saturated heterocycles. The van der Waals surface area contributed by atoms with Crippen LogP contribution in [0.2, 0.25) is 0 Å². The Hall–Kier alpha value is -2.92. The van der Waals surface area contributed by atoms with Crippen LogP contribution in [0.3, 0.4) is 0 Å². The summed E-state index contributed by atoms with van der Waals surface area (Å²) >= 11 is 0. The molecule has 12 nitrogen and oxygen atoms in total. The summed E-state index contributed by atoms with van der Waals surface area (Å²) in [5.41, 5.74) is 0.793. The largest absolute Gasteiger partial charge is 0.524 e. The second kappa shape index (κ2) is 9.14. The van der Waals surface area contributed by atoms with Gasteiger partial charge in [-0.25, -0.2) is 24.0 Å². The van der Waals surface area contributed by atoms with Crippen LogP contribution in [-0.2, 0) is 9.30 Å². The first-order valence-corrected chi connectivity index (χ1v) is 12.1. The number of H-pyrrole nitrogens is 1. The third-order valence-electron chi connectivity index (χ3n) is 5.51. The number of amidine groups is 1. The quantitative estimate of drug-likeness (QED) is 0.469. The summed E-state index contributed by atoms with van der Waals surface area (Å²) in [5, 5.41) is 17.1. The van der Waals surface area contributed by atoms with Gasteiger partial charge in [-0.05, 0) is 24.0 Å². The number of aliphatic imine (C=N–C) groups is 1. The average Bonchev–Trinajstić information content (AvgIpc) is 3.14. The highest BCUT2D eigenvalue weighted by Gasteiger charge is 2.26. The molecule has 1 aromatic heterocycles. The van der Waals surface area contributed by atoms with Gasteiger partial charge < -0.3 is 19.3 Å². The highest BCUT2D eigenvalue weighted by Crippen LogP contribution is 2.45. The summed E-state index contributed by atoms with van der Waals surface area (Å²) in [6.45, 7) is 6.47. The molecule has 1 aromatic carbocycles. The Kier molecular flexibility index (Phi) is 6.44. The van der Waals surface area contributed by atoms with E-state index >= 15 is 0 Å². The number of phenolic OH excluding ortho intramolecular Hbond substituents is 1. The number of hydrogen-bond acceptors (Lipinski definition) is 8. The molecule has 0 atom stereocenters. The number of nitrogens with one attached hydrogen (secondary N) is 1. The van der Waals surface area contributed by atoms with E-state index in [2.05, 4.69) is 20.1 Å². The number of rotatable bonds is 5. The maximum absolute atomic E-state index is 12.6. The highest BCUT2D eigenvalue weighted by molar-refractivity contribution is 7.46. The Bertz CT molecular complexity index is 1200. The SMILES string of the molecule is CC(C)c1cc(-c2n[nH]c(=O)n2C2=CN=C(N3CCOCC3)CC2)c(O)cc1OP(=O)(O)O. The first-order valence-electron chi connectivity index (χ1n) is 10.5. The Labute approximate surface area is 189 Å². The Morgan fingerprint density at radius 1 is 1.21 bits per heavy atom.